The van der Waals surface area contributed by atoms with Crippen LogP contribution in [0.5, 0.6) is 0 Å². The van der Waals surface area contributed by atoms with Crippen molar-refractivity contribution >= 4 is 12.1 Å². The fourth-order valence-electron chi connectivity index (χ4n) is 3.53. The van der Waals surface area contributed by atoms with Crippen LogP contribution in [0.1, 0.15) is 39.2 Å². The van der Waals surface area contributed by atoms with Crippen molar-refractivity contribution in [1.29, 1.82) is 0 Å². The Balaban J connectivity index is 1.81. The zero-order chi connectivity index (χ0) is 21.0. The highest BCUT2D eigenvalue weighted by Gasteiger charge is 2.34. The molecule has 1 atom stereocenters. The molecule has 2 aliphatic rings. The zero-order valence-electron chi connectivity index (χ0n) is 17.6. The summed E-state index contributed by atoms with van der Waals surface area (Å²) in [6, 6.07) is 9.88. The molecule has 6 heteroatoms. The first-order chi connectivity index (χ1) is 13.8. The minimum Gasteiger partial charge on any atom is -0.493 e. The number of esters is 1. The number of rotatable bonds is 4. The van der Waals surface area contributed by atoms with Crippen LogP contribution in [0.25, 0.3) is 0 Å². The number of methoxy groups -OCH3 is 1. The Morgan fingerprint density at radius 3 is 2.55 bits per heavy atom. The van der Waals surface area contributed by atoms with Gasteiger partial charge in [0.25, 0.3) is 0 Å². The molecule has 1 unspecified atom stereocenters. The zero-order valence-corrected chi connectivity index (χ0v) is 17.6. The lowest BCUT2D eigenvalue weighted by molar-refractivity contribution is -0.144. The molecule has 1 saturated heterocycles. The summed E-state index contributed by atoms with van der Waals surface area (Å²) in [6.07, 6.45) is 2.71. The lowest BCUT2D eigenvalue weighted by atomic mass is 9.85. The first-order valence-electron chi connectivity index (χ1n) is 9.92. The van der Waals surface area contributed by atoms with E-state index in [1.807, 2.05) is 57.2 Å². The van der Waals surface area contributed by atoms with Crippen LogP contribution in [0.15, 0.2) is 53.3 Å². The van der Waals surface area contributed by atoms with Gasteiger partial charge in [-0.15, -0.1) is 0 Å². The molecule has 1 aliphatic heterocycles. The number of hydrogen-bond acceptors (Lipinski definition) is 5. The number of fused-ring (bicyclic) bond motifs is 1. The first kappa shape index (κ1) is 21.0. The van der Waals surface area contributed by atoms with Gasteiger partial charge in [-0.3, -0.25) is 4.79 Å². The third kappa shape index (κ3) is 5.40. The van der Waals surface area contributed by atoms with Crippen LogP contribution in [-0.2, 0) is 25.6 Å². The molecule has 3 rings (SSSR count). The Morgan fingerprint density at radius 1 is 1.17 bits per heavy atom. The summed E-state index contributed by atoms with van der Waals surface area (Å²) in [7, 11) is 1.40. The average molecular weight is 399 g/mol. The molecule has 0 spiro atoms. The van der Waals surface area contributed by atoms with Crippen molar-refractivity contribution in [3.8, 4) is 0 Å². The molecule has 1 aliphatic carbocycles. The third-order valence-corrected chi connectivity index (χ3v) is 4.94. The van der Waals surface area contributed by atoms with E-state index >= 15 is 0 Å². The first-order valence-corrected chi connectivity index (χ1v) is 9.92. The summed E-state index contributed by atoms with van der Waals surface area (Å²) in [5.74, 6) is 0.111. The second kappa shape index (κ2) is 8.72. The van der Waals surface area contributed by atoms with Crippen molar-refractivity contribution in [1.82, 2.24) is 4.90 Å². The maximum Gasteiger partial charge on any atom is 0.410 e. The topological polar surface area (TPSA) is 65.1 Å². The Bertz CT molecular complexity index is 819. The Kier molecular flexibility index (Phi) is 6.30. The number of amides is 1. The van der Waals surface area contributed by atoms with E-state index in [2.05, 4.69) is 0 Å². The second-order valence-electron chi connectivity index (χ2n) is 8.35. The summed E-state index contributed by atoms with van der Waals surface area (Å²) >= 11 is 0. The molecule has 6 nitrogen and oxygen atoms in total. The van der Waals surface area contributed by atoms with E-state index in [1.165, 1.54) is 7.11 Å². The van der Waals surface area contributed by atoms with Gasteiger partial charge in [-0.05, 0) is 38.3 Å². The fourth-order valence-corrected chi connectivity index (χ4v) is 3.53. The molecule has 29 heavy (non-hydrogen) atoms. The molecular formula is C23H29NO5. The molecule has 1 heterocycles. The number of benzene rings is 1. The molecule has 1 fully saturated rings. The smallest absolute Gasteiger partial charge is 0.410 e. The highest BCUT2D eigenvalue weighted by molar-refractivity contribution is 5.76. The van der Waals surface area contributed by atoms with Gasteiger partial charge in [0.2, 0.25) is 0 Å². The van der Waals surface area contributed by atoms with Crippen molar-refractivity contribution in [2.24, 2.45) is 5.92 Å². The van der Waals surface area contributed by atoms with Crippen LogP contribution < -0.4 is 0 Å². The summed E-state index contributed by atoms with van der Waals surface area (Å²) in [5, 5.41) is 0. The van der Waals surface area contributed by atoms with Crippen molar-refractivity contribution in [3.63, 3.8) is 0 Å². The highest BCUT2D eigenvalue weighted by atomic mass is 16.6. The molecule has 0 radical (unpaired) electrons. The molecule has 1 aromatic rings. The van der Waals surface area contributed by atoms with Crippen LogP contribution in [0, 0.1) is 5.92 Å². The van der Waals surface area contributed by atoms with Crippen LogP contribution in [0.3, 0.4) is 0 Å². The Labute approximate surface area is 172 Å². The van der Waals surface area contributed by atoms with Crippen molar-refractivity contribution in [2.45, 2.75) is 45.8 Å². The van der Waals surface area contributed by atoms with Crippen LogP contribution >= 0.6 is 0 Å². The Hall–Kier alpha value is -2.76. The third-order valence-electron chi connectivity index (χ3n) is 4.94. The summed E-state index contributed by atoms with van der Waals surface area (Å²) in [4.78, 5) is 26.4. The predicted molar refractivity (Wildman–Crippen MR) is 109 cm³/mol. The number of likely N-dealkylation sites (tertiary alicyclic amines) is 1. The fraction of sp³-hybridized carbons (Fsp3) is 0.478. The number of piperidine rings is 1. The standard InChI is InChI=1S/C23H29NO5/c1-23(2,3)29-22(26)24-11-10-17-12-18(21(25)27-4)13-20(19(17)14-24)28-15-16-8-6-5-7-9-16/h5-9,12,18H,10-11,13-15H2,1-4H3. The molecular weight excluding hydrogens is 370 g/mol. The predicted octanol–water partition coefficient (Wildman–Crippen LogP) is 4.22. The maximum atomic E-state index is 12.5. The van der Waals surface area contributed by atoms with Crippen LogP contribution in [0.2, 0.25) is 0 Å². The monoisotopic (exact) mass is 399 g/mol. The van der Waals surface area contributed by atoms with E-state index in [4.69, 9.17) is 14.2 Å². The summed E-state index contributed by atoms with van der Waals surface area (Å²) < 4.78 is 16.6. The number of nitrogens with zero attached hydrogens (tertiary/aromatic N) is 1. The quantitative estimate of drug-likeness (QED) is 0.710. The molecule has 1 amide bonds. The summed E-state index contributed by atoms with van der Waals surface area (Å²) in [6.45, 7) is 6.94. The molecule has 0 bridgehead atoms. The van der Waals surface area contributed by atoms with Gasteiger partial charge < -0.3 is 19.1 Å². The SMILES string of the molecule is COC(=O)C1C=C2CCN(C(=O)OC(C)(C)C)CC2=C(OCc2ccccc2)C1. The van der Waals surface area contributed by atoms with E-state index in [9.17, 15) is 9.59 Å². The van der Waals surface area contributed by atoms with E-state index in [0.717, 1.165) is 22.5 Å². The highest BCUT2D eigenvalue weighted by Crippen LogP contribution is 2.36. The van der Waals surface area contributed by atoms with Gasteiger partial charge in [-0.25, -0.2) is 4.79 Å². The number of carbonyl (C=O) groups excluding carboxylic acids is 2. The number of allylic oxidation sites excluding steroid dienone is 1. The molecule has 0 N–H and O–H groups in total. The molecule has 0 aromatic heterocycles. The molecule has 1 aromatic carbocycles. The molecule has 0 saturated carbocycles. The van der Waals surface area contributed by atoms with E-state index in [-0.39, 0.29) is 18.0 Å². The number of ether oxygens (including phenoxy) is 3. The number of hydrogen-bond donors (Lipinski definition) is 0. The van der Waals surface area contributed by atoms with Crippen molar-refractivity contribution in [2.75, 3.05) is 20.2 Å². The lowest BCUT2D eigenvalue weighted by Crippen LogP contribution is -2.42. The van der Waals surface area contributed by atoms with Crippen molar-refractivity contribution < 1.29 is 23.8 Å². The average Bonchev–Trinajstić information content (AvgIpc) is 2.70. The minimum absolute atomic E-state index is 0.271. The van der Waals surface area contributed by atoms with Gasteiger partial charge in [0.15, 0.2) is 0 Å². The number of carbonyl (C=O) groups is 2. The van der Waals surface area contributed by atoms with Crippen LogP contribution in [-0.4, -0.2) is 42.8 Å². The van der Waals surface area contributed by atoms with Gasteiger partial charge in [-0.2, -0.15) is 0 Å². The van der Waals surface area contributed by atoms with Gasteiger partial charge in [0.1, 0.15) is 18.0 Å². The van der Waals surface area contributed by atoms with Gasteiger partial charge in [-0.1, -0.05) is 36.4 Å². The van der Waals surface area contributed by atoms with E-state index < -0.39 is 5.60 Å². The van der Waals surface area contributed by atoms with E-state index in [0.29, 0.717) is 32.5 Å². The largest absolute Gasteiger partial charge is 0.493 e. The van der Waals surface area contributed by atoms with Gasteiger partial charge in [0, 0.05) is 18.5 Å². The minimum atomic E-state index is -0.545. The Morgan fingerprint density at radius 2 is 1.90 bits per heavy atom. The van der Waals surface area contributed by atoms with Crippen molar-refractivity contribution in [3.05, 3.63) is 58.9 Å². The molecule has 156 valence electrons. The van der Waals surface area contributed by atoms with Gasteiger partial charge >= 0.3 is 12.1 Å². The normalized spacial score (nSPS) is 19.2. The van der Waals surface area contributed by atoms with E-state index in [1.54, 1.807) is 4.90 Å². The lowest BCUT2D eigenvalue weighted by Gasteiger charge is -2.36. The second-order valence-corrected chi connectivity index (χ2v) is 8.35. The maximum absolute atomic E-state index is 12.5. The van der Waals surface area contributed by atoms with Crippen LogP contribution in [0.4, 0.5) is 4.79 Å². The summed E-state index contributed by atoms with van der Waals surface area (Å²) in [5.41, 5.74) is 2.52. The van der Waals surface area contributed by atoms with Gasteiger partial charge in [0.05, 0.1) is 19.6 Å².